The van der Waals surface area contributed by atoms with E-state index in [0.29, 0.717) is 34.2 Å². The maximum absolute atomic E-state index is 14.8. The van der Waals surface area contributed by atoms with Crippen molar-refractivity contribution < 1.29 is 62.6 Å². The first kappa shape index (κ1) is 72.9. The van der Waals surface area contributed by atoms with Gasteiger partial charge in [-0.05, 0) is 104 Å². The Hall–Kier alpha value is -10.2. The Balaban J connectivity index is 1.20. The monoisotopic (exact) mass is 1300 g/mol. The molecule has 0 spiro atoms. The highest BCUT2D eigenvalue weighted by Crippen LogP contribution is 2.24. The molecule has 1 aliphatic rings. The van der Waals surface area contributed by atoms with Crippen molar-refractivity contribution in [3.63, 3.8) is 0 Å². The van der Waals surface area contributed by atoms with Gasteiger partial charge in [0, 0.05) is 73.9 Å². The number of hydrogen-bond acceptors (Lipinski definition) is 15. The van der Waals surface area contributed by atoms with Crippen molar-refractivity contribution in [2.45, 2.75) is 167 Å². The molecule has 1 saturated heterocycles. The minimum Gasteiger partial charge on any atom is -0.508 e. The summed E-state index contributed by atoms with van der Waals surface area (Å²) in [6.45, 7) is 12.7. The lowest BCUT2D eigenvalue weighted by Crippen LogP contribution is -2.61. The van der Waals surface area contributed by atoms with Gasteiger partial charge in [-0.15, -0.1) is 0 Å². The smallest absolute Gasteiger partial charge is 0.336 e. The summed E-state index contributed by atoms with van der Waals surface area (Å²) < 4.78 is 5.38. The Morgan fingerprint density at radius 3 is 1.86 bits per heavy atom. The number of carbonyl (C=O) groups excluding carboxylic acids is 9. The third kappa shape index (κ3) is 22.6. The zero-order valence-corrected chi connectivity index (χ0v) is 54.0. The summed E-state index contributed by atoms with van der Waals surface area (Å²) in [6.07, 6.45) is 2.61. The van der Waals surface area contributed by atoms with Crippen molar-refractivity contribution in [1.82, 2.24) is 52.1 Å². The molecule has 9 amide bonds. The molecule has 15 N–H and O–H groups in total. The fourth-order valence-corrected chi connectivity index (χ4v) is 10.9. The average molecular weight is 1300 g/mol. The number of aliphatic imine (C=N–C) groups is 1. The molecule has 28 heteroatoms. The van der Waals surface area contributed by atoms with Crippen LogP contribution in [0.15, 0.2) is 106 Å². The second-order valence-electron chi connectivity index (χ2n) is 24.7. The number of aromatic nitrogens is 2. The molecule has 0 bridgehead atoms. The molecular formula is C66H88N14O14. The molecule has 1 fully saturated rings. The number of nitrogens with zero attached hydrogens (tertiary/aromatic N) is 3. The first-order chi connectivity index (χ1) is 44.6. The Bertz CT molecular complexity index is 3540. The quantitative estimate of drug-likeness (QED) is 0.0122. The summed E-state index contributed by atoms with van der Waals surface area (Å²) in [5.74, 6) is -8.91. The van der Waals surface area contributed by atoms with E-state index in [1.807, 2.05) is 27.7 Å². The predicted molar refractivity (Wildman–Crippen MR) is 349 cm³/mol. The number of hydrogen-bond donors (Lipinski definition) is 13. The van der Waals surface area contributed by atoms with E-state index in [0.717, 1.165) is 0 Å². The van der Waals surface area contributed by atoms with Crippen LogP contribution in [0, 0.1) is 24.7 Å². The number of imidazole rings is 1. The number of nitrogens with two attached hydrogens (primary N) is 2. The summed E-state index contributed by atoms with van der Waals surface area (Å²) in [6, 6.07) is 10.8. The molecule has 506 valence electrons. The molecule has 0 radical (unpaired) electrons. The van der Waals surface area contributed by atoms with Crippen LogP contribution in [-0.4, -0.2) is 152 Å². The molecule has 3 aromatic carbocycles. The summed E-state index contributed by atoms with van der Waals surface area (Å²) in [5.41, 5.74) is 13.2. The van der Waals surface area contributed by atoms with E-state index in [-0.39, 0.29) is 99.3 Å². The maximum atomic E-state index is 14.8. The van der Waals surface area contributed by atoms with Crippen LogP contribution >= 0.6 is 0 Å². The molecule has 3 heterocycles. The van der Waals surface area contributed by atoms with Crippen LogP contribution in [0.3, 0.4) is 0 Å². The second-order valence-corrected chi connectivity index (χ2v) is 24.7. The van der Waals surface area contributed by atoms with Gasteiger partial charge >= 0.3 is 11.6 Å². The number of aromatic amines is 1. The van der Waals surface area contributed by atoms with Crippen molar-refractivity contribution in [2.24, 2.45) is 34.2 Å². The number of likely N-dealkylation sites (tertiary alicyclic amines) is 1. The summed E-state index contributed by atoms with van der Waals surface area (Å²) in [4.78, 5) is 165. The van der Waals surface area contributed by atoms with Crippen LogP contribution in [0.25, 0.3) is 11.0 Å². The predicted octanol–water partition coefficient (Wildman–Crippen LogP) is 2.25. The highest BCUT2D eigenvalue weighted by Gasteiger charge is 2.40. The number of nitrogens with one attached hydrogen (secondary N) is 9. The number of aromatic hydroxyl groups is 1. The number of benzene rings is 3. The highest BCUT2D eigenvalue weighted by atomic mass is 16.4. The number of carboxylic acids is 1. The number of fused-ring (bicyclic) bond motifs is 1. The highest BCUT2D eigenvalue weighted by molar-refractivity contribution is 6.01. The molecular weight excluding hydrogens is 1210 g/mol. The number of guanidine groups is 1. The Morgan fingerprint density at radius 2 is 1.27 bits per heavy atom. The third-order valence-electron chi connectivity index (χ3n) is 15.7. The van der Waals surface area contributed by atoms with Gasteiger partial charge in [0.1, 0.15) is 59.7 Å². The first-order valence-electron chi connectivity index (χ1n) is 31.5. The Morgan fingerprint density at radius 1 is 0.681 bits per heavy atom. The van der Waals surface area contributed by atoms with Crippen molar-refractivity contribution >= 4 is 81.8 Å². The lowest BCUT2D eigenvalue weighted by Gasteiger charge is -2.30. The number of rotatable bonds is 34. The minimum atomic E-state index is -1.42. The van der Waals surface area contributed by atoms with Gasteiger partial charge in [0.05, 0.1) is 12.7 Å². The Labute approximate surface area is 544 Å². The van der Waals surface area contributed by atoms with E-state index in [1.54, 1.807) is 75.4 Å². The van der Waals surface area contributed by atoms with Crippen LogP contribution in [-0.2, 0) is 67.2 Å². The van der Waals surface area contributed by atoms with Crippen molar-refractivity contribution in [2.75, 3.05) is 18.4 Å². The van der Waals surface area contributed by atoms with Gasteiger partial charge in [-0.2, -0.15) is 0 Å². The molecule has 0 unspecified atom stereocenters. The van der Waals surface area contributed by atoms with Gasteiger partial charge in [-0.1, -0.05) is 84.0 Å². The van der Waals surface area contributed by atoms with Crippen molar-refractivity contribution in [3.8, 4) is 5.75 Å². The maximum Gasteiger partial charge on any atom is 0.336 e. The van der Waals surface area contributed by atoms with E-state index >= 15 is 0 Å². The molecule has 6 rings (SSSR count). The Kier molecular flexibility index (Phi) is 27.2. The first-order valence-corrected chi connectivity index (χ1v) is 31.5. The minimum absolute atomic E-state index is 0.0202. The SMILES string of the molecule is Cc1cc(=O)oc2cc(NC(=O)[C@H](Cc3ccc(O)cc3)NC(=O)[C@@H](NC(=O)[C@H](CC(C)C)NC(=O)[C@H](CC(C)C)NC(=O)[C@H](Cc3cnc[nH]3)NC(=O)[C@H](Cc3ccccc3)NC(=O)[C@@H]3CCCN3C(=O)[C@H](CCCN=C(N)N)NC(=O)CCC(=O)O)C(C)C)ccc12. The third-order valence-corrected chi connectivity index (χ3v) is 15.7. The number of phenolic OH excluding ortho intramolecular Hbond substituents is 1. The van der Waals surface area contributed by atoms with Crippen LogP contribution < -0.4 is 59.6 Å². The second kappa shape index (κ2) is 35.0. The number of carboxylic acid groups (broad SMARTS) is 1. The molecule has 28 nitrogen and oxygen atoms in total. The molecule has 0 saturated carbocycles. The fraction of sp³-hybridized carbons (Fsp3) is 0.470. The van der Waals surface area contributed by atoms with E-state index in [4.69, 9.17) is 15.9 Å². The van der Waals surface area contributed by atoms with Crippen LogP contribution in [0.4, 0.5) is 5.69 Å². The molecule has 5 aromatic rings. The average Bonchev–Trinajstić information content (AvgIpc) is 1.24. The summed E-state index contributed by atoms with van der Waals surface area (Å²) in [7, 11) is 0. The molecule has 0 aliphatic carbocycles. The number of aryl methyl sites for hydroxylation is 1. The number of carbonyl (C=O) groups is 10. The lowest BCUT2D eigenvalue weighted by atomic mass is 9.97. The van der Waals surface area contributed by atoms with E-state index in [9.17, 15) is 63.0 Å². The largest absolute Gasteiger partial charge is 0.508 e. The molecule has 1 aliphatic heterocycles. The number of amides is 9. The number of anilines is 1. The molecule has 2 aromatic heterocycles. The van der Waals surface area contributed by atoms with Crippen molar-refractivity contribution in [3.05, 3.63) is 124 Å². The zero-order valence-electron chi connectivity index (χ0n) is 54.0. The fourth-order valence-electron chi connectivity index (χ4n) is 10.9. The van der Waals surface area contributed by atoms with Gasteiger partial charge in [0.15, 0.2) is 5.96 Å². The van der Waals surface area contributed by atoms with Crippen LogP contribution in [0.5, 0.6) is 5.75 Å². The van der Waals surface area contributed by atoms with E-state index < -0.39 is 132 Å². The topological polar surface area (TPSA) is 434 Å². The van der Waals surface area contributed by atoms with Gasteiger partial charge in [0.25, 0.3) is 0 Å². The summed E-state index contributed by atoms with van der Waals surface area (Å²) in [5, 5.41) is 42.1. The summed E-state index contributed by atoms with van der Waals surface area (Å²) >= 11 is 0. The number of phenols is 1. The van der Waals surface area contributed by atoms with Crippen LogP contribution in [0.2, 0.25) is 0 Å². The van der Waals surface area contributed by atoms with E-state index in [1.165, 1.54) is 41.7 Å². The standard InChI is InChI=1S/C66H88N14O14/c1-36(2)27-47(59(87)75-48(28-37(3)4)62(90)79-57(38(5)6)64(92)78-49(31-41-17-20-44(81)21-18-41)58(86)72-42-19-22-45-39(7)29-56(85)94-53(45)33-42)74-61(89)51(32-43-34-69-35-71-43)76-60(88)50(30-40-13-9-8-10-14-40)77-63(91)52-16-12-26-80(52)65(93)46(15-11-25-70-66(67)68)73-54(82)23-24-55(83)84/h8-10,13-14,17-22,29,33-38,46-52,57,81H,11-12,15-16,23-28,30-32H2,1-7H3,(H,69,71)(H,72,86)(H,73,82)(H,74,89)(H,75,87)(H,76,88)(H,77,91)(H,78,92)(H,79,90)(H,83,84)(H4,67,68,70)/t46-,47-,48-,49-,50-,51-,52-,57-/m0/s1. The van der Waals surface area contributed by atoms with Gasteiger partial charge < -0.3 is 78.5 Å². The van der Waals surface area contributed by atoms with Crippen molar-refractivity contribution in [1.29, 1.82) is 0 Å². The number of aliphatic carboxylic acids is 1. The zero-order chi connectivity index (χ0) is 68.8. The molecule has 94 heavy (non-hydrogen) atoms. The normalized spacial score (nSPS) is 15.1. The lowest BCUT2D eigenvalue weighted by molar-refractivity contribution is -0.142. The van der Waals surface area contributed by atoms with E-state index in [2.05, 4.69) is 57.5 Å². The van der Waals surface area contributed by atoms with Gasteiger partial charge in [0.2, 0.25) is 53.2 Å². The van der Waals surface area contributed by atoms with Gasteiger partial charge in [-0.25, -0.2) is 9.78 Å². The number of H-pyrrole nitrogens is 1. The van der Waals surface area contributed by atoms with Gasteiger partial charge in [-0.3, -0.25) is 52.9 Å². The van der Waals surface area contributed by atoms with Crippen LogP contribution in [0.1, 0.15) is 115 Å². The molecule has 8 atom stereocenters.